The summed E-state index contributed by atoms with van der Waals surface area (Å²) in [6.45, 7) is 2.78. The lowest BCUT2D eigenvalue weighted by Crippen LogP contribution is -2.23. The molecule has 0 amide bonds. The van der Waals surface area contributed by atoms with E-state index in [4.69, 9.17) is 23.2 Å². The molecular weight excluding hydrogens is 411 g/mol. The highest BCUT2D eigenvalue weighted by Crippen LogP contribution is 2.33. The molecule has 0 heterocycles. The second-order valence-electron chi connectivity index (χ2n) is 4.32. The molecule has 0 fully saturated rings. The highest BCUT2D eigenvalue weighted by Gasteiger charge is 2.19. The van der Waals surface area contributed by atoms with Gasteiger partial charge >= 0.3 is 0 Å². The van der Waals surface area contributed by atoms with Crippen LogP contribution >= 0.6 is 45.8 Å². The van der Waals surface area contributed by atoms with Gasteiger partial charge in [0.2, 0.25) is 0 Å². The van der Waals surface area contributed by atoms with Crippen molar-refractivity contribution in [3.63, 3.8) is 0 Å². The zero-order valence-electron chi connectivity index (χ0n) is 10.8. The summed E-state index contributed by atoms with van der Waals surface area (Å²) in [5.74, 6) is -0.245. The van der Waals surface area contributed by atoms with Gasteiger partial charge in [0.1, 0.15) is 5.82 Å². The monoisotopic (exact) mass is 423 g/mol. The molecule has 0 radical (unpaired) electrons. The van der Waals surface area contributed by atoms with Crippen molar-refractivity contribution in [2.45, 2.75) is 13.0 Å². The van der Waals surface area contributed by atoms with E-state index in [2.05, 4.69) is 27.9 Å². The van der Waals surface area contributed by atoms with Crippen LogP contribution in [-0.2, 0) is 0 Å². The normalized spacial score (nSPS) is 12.4. The van der Waals surface area contributed by atoms with Crippen LogP contribution < -0.4 is 5.32 Å². The largest absolute Gasteiger partial charge is 0.306 e. The van der Waals surface area contributed by atoms with Gasteiger partial charge in [-0.25, -0.2) is 4.39 Å². The number of halogens is 4. The average molecular weight is 424 g/mol. The molecule has 2 rings (SSSR count). The molecule has 1 nitrogen and oxygen atoms in total. The standard InChI is InChI=1S/C15H13Cl2FIN/c1-2-20-15(11-5-4-10(18)8-14(11)19)12-7-9(16)3-6-13(12)17/h3-8,15,20H,2H2,1H3. The maximum atomic E-state index is 13.3. The molecule has 0 aliphatic heterocycles. The summed E-state index contributed by atoms with van der Waals surface area (Å²) >= 11 is 14.5. The lowest BCUT2D eigenvalue weighted by molar-refractivity contribution is 0.610. The summed E-state index contributed by atoms with van der Waals surface area (Å²) in [5, 5.41) is 4.64. The summed E-state index contributed by atoms with van der Waals surface area (Å²) in [6, 6.07) is 10.0. The highest BCUT2D eigenvalue weighted by atomic mass is 127. The Morgan fingerprint density at radius 1 is 1.15 bits per heavy atom. The van der Waals surface area contributed by atoms with Crippen LogP contribution in [0.1, 0.15) is 24.1 Å². The number of benzene rings is 2. The third-order valence-electron chi connectivity index (χ3n) is 2.95. The molecular formula is C15H13Cl2FIN. The van der Waals surface area contributed by atoms with Gasteiger partial charge < -0.3 is 5.32 Å². The second kappa shape index (κ2) is 7.07. The van der Waals surface area contributed by atoms with Crippen molar-refractivity contribution < 1.29 is 4.39 Å². The number of hydrogen-bond donors (Lipinski definition) is 1. The van der Waals surface area contributed by atoms with Crippen LogP contribution in [0.4, 0.5) is 4.39 Å². The van der Waals surface area contributed by atoms with Crippen molar-refractivity contribution >= 4 is 45.8 Å². The van der Waals surface area contributed by atoms with Gasteiger partial charge in [-0.2, -0.15) is 0 Å². The molecule has 20 heavy (non-hydrogen) atoms. The fourth-order valence-corrected chi connectivity index (χ4v) is 3.26. The smallest absolute Gasteiger partial charge is 0.124 e. The van der Waals surface area contributed by atoms with Crippen LogP contribution in [0, 0.1) is 9.39 Å². The van der Waals surface area contributed by atoms with Crippen LogP contribution in [0.15, 0.2) is 36.4 Å². The van der Waals surface area contributed by atoms with E-state index >= 15 is 0 Å². The molecule has 5 heteroatoms. The topological polar surface area (TPSA) is 12.0 Å². The first-order chi connectivity index (χ1) is 9.52. The molecule has 2 aromatic carbocycles. The molecule has 1 atom stereocenters. The Kier molecular flexibility index (Phi) is 5.66. The molecule has 106 valence electrons. The molecule has 1 N–H and O–H groups in total. The van der Waals surface area contributed by atoms with Crippen molar-refractivity contribution in [3.05, 3.63) is 67.0 Å². The highest BCUT2D eigenvalue weighted by molar-refractivity contribution is 14.1. The van der Waals surface area contributed by atoms with Gasteiger partial charge in [-0.05, 0) is 70.6 Å². The van der Waals surface area contributed by atoms with Crippen molar-refractivity contribution in [2.75, 3.05) is 6.54 Å². The van der Waals surface area contributed by atoms with E-state index in [-0.39, 0.29) is 11.9 Å². The summed E-state index contributed by atoms with van der Waals surface area (Å²) in [5.41, 5.74) is 1.88. The molecule has 0 aromatic heterocycles. The van der Waals surface area contributed by atoms with Crippen LogP contribution in [0.5, 0.6) is 0 Å². The Morgan fingerprint density at radius 3 is 2.55 bits per heavy atom. The van der Waals surface area contributed by atoms with E-state index in [1.807, 2.05) is 13.0 Å². The van der Waals surface area contributed by atoms with Crippen LogP contribution in [0.2, 0.25) is 10.0 Å². The summed E-state index contributed by atoms with van der Waals surface area (Å²) < 4.78 is 14.1. The molecule has 0 bridgehead atoms. The molecule has 1 unspecified atom stereocenters. The third-order valence-corrected chi connectivity index (χ3v) is 4.46. The van der Waals surface area contributed by atoms with E-state index in [1.54, 1.807) is 18.2 Å². The van der Waals surface area contributed by atoms with Gasteiger partial charge in [0, 0.05) is 13.6 Å². The minimum absolute atomic E-state index is 0.112. The zero-order valence-corrected chi connectivity index (χ0v) is 14.4. The quantitative estimate of drug-likeness (QED) is 0.646. The lowest BCUT2D eigenvalue weighted by Gasteiger charge is -2.21. The zero-order chi connectivity index (χ0) is 14.7. The average Bonchev–Trinajstić information content (AvgIpc) is 2.40. The van der Waals surface area contributed by atoms with Crippen molar-refractivity contribution in [2.24, 2.45) is 0 Å². The van der Waals surface area contributed by atoms with Gasteiger partial charge in [-0.3, -0.25) is 0 Å². The van der Waals surface area contributed by atoms with E-state index < -0.39 is 0 Å². The Morgan fingerprint density at radius 2 is 1.90 bits per heavy atom. The molecule has 0 saturated carbocycles. The summed E-state index contributed by atoms with van der Waals surface area (Å²) in [7, 11) is 0. The van der Waals surface area contributed by atoms with Gasteiger partial charge in [0.25, 0.3) is 0 Å². The van der Waals surface area contributed by atoms with Gasteiger partial charge in [0.15, 0.2) is 0 Å². The van der Waals surface area contributed by atoms with Crippen LogP contribution in [0.3, 0.4) is 0 Å². The molecule has 0 spiro atoms. The Bertz CT molecular complexity index is 619. The van der Waals surface area contributed by atoms with Crippen molar-refractivity contribution in [1.82, 2.24) is 5.32 Å². The van der Waals surface area contributed by atoms with E-state index in [9.17, 15) is 4.39 Å². The Hall–Kier alpha value is -0.360. The van der Waals surface area contributed by atoms with Crippen molar-refractivity contribution in [1.29, 1.82) is 0 Å². The lowest BCUT2D eigenvalue weighted by atomic mass is 9.98. The molecule has 0 saturated heterocycles. The summed E-state index contributed by atoms with van der Waals surface area (Å²) in [6.07, 6.45) is 0. The van der Waals surface area contributed by atoms with E-state index in [0.29, 0.717) is 10.0 Å². The fraction of sp³-hybridized carbons (Fsp3) is 0.200. The number of nitrogens with one attached hydrogen (secondary N) is 1. The van der Waals surface area contributed by atoms with E-state index in [1.165, 1.54) is 12.1 Å². The number of hydrogen-bond acceptors (Lipinski definition) is 1. The summed E-state index contributed by atoms with van der Waals surface area (Å²) in [4.78, 5) is 0. The maximum Gasteiger partial charge on any atom is 0.124 e. The molecule has 2 aromatic rings. The SMILES string of the molecule is CCNC(c1cc(Cl)ccc1Cl)c1ccc(F)cc1I. The predicted molar refractivity (Wildman–Crippen MR) is 91.1 cm³/mol. The third kappa shape index (κ3) is 3.64. The maximum absolute atomic E-state index is 13.3. The minimum atomic E-state index is -0.245. The fourth-order valence-electron chi connectivity index (χ4n) is 2.06. The van der Waals surface area contributed by atoms with Gasteiger partial charge in [-0.1, -0.05) is 36.2 Å². The first kappa shape index (κ1) is 16.0. The minimum Gasteiger partial charge on any atom is -0.306 e. The second-order valence-corrected chi connectivity index (χ2v) is 6.33. The van der Waals surface area contributed by atoms with Gasteiger partial charge in [-0.15, -0.1) is 0 Å². The molecule has 0 aliphatic rings. The Balaban J connectivity index is 2.53. The Labute approximate surface area is 141 Å². The van der Waals surface area contributed by atoms with Crippen LogP contribution in [-0.4, -0.2) is 6.54 Å². The number of rotatable bonds is 4. The van der Waals surface area contributed by atoms with Crippen molar-refractivity contribution in [3.8, 4) is 0 Å². The molecule has 0 aliphatic carbocycles. The first-order valence-electron chi connectivity index (χ1n) is 6.16. The van der Waals surface area contributed by atoms with Crippen LogP contribution in [0.25, 0.3) is 0 Å². The first-order valence-corrected chi connectivity index (χ1v) is 7.99. The van der Waals surface area contributed by atoms with Gasteiger partial charge in [0.05, 0.1) is 6.04 Å². The predicted octanol–water partition coefficient (Wildman–Crippen LogP) is 5.44. The van der Waals surface area contributed by atoms with E-state index in [0.717, 1.165) is 21.2 Å².